The minimum atomic E-state index is 0.470. The monoisotopic (exact) mass is 222 g/mol. The van der Waals surface area contributed by atoms with Gasteiger partial charge in [0.25, 0.3) is 0 Å². The van der Waals surface area contributed by atoms with Crippen LogP contribution >= 0.6 is 0 Å². The Labute approximate surface area is 97.6 Å². The van der Waals surface area contributed by atoms with E-state index < -0.39 is 0 Å². The molecule has 0 amide bonds. The van der Waals surface area contributed by atoms with Gasteiger partial charge < -0.3 is 10.2 Å². The Hall–Kier alpha value is -0.800. The van der Waals surface area contributed by atoms with Gasteiger partial charge in [-0.3, -0.25) is 4.90 Å². The van der Waals surface area contributed by atoms with Crippen molar-refractivity contribution in [3.63, 3.8) is 0 Å². The molecule has 1 unspecified atom stereocenters. The average molecular weight is 222 g/mol. The first-order valence-corrected chi connectivity index (χ1v) is 6.20. The van der Waals surface area contributed by atoms with Gasteiger partial charge in [-0.15, -0.1) is 0 Å². The first-order chi connectivity index (χ1) is 7.72. The van der Waals surface area contributed by atoms with Crippen molar-refractivity contribution >= 4 is 0 Å². The van der Waals surface area contributed by atoms with Crippen molar-refractivity contribution in [3.05, 3.63) is 24.2 Å². The molecule has 1 fully saturated rings. The van der Waals surface area contributed by atoms with Crippen LogP contribution in [0.3, 0.4) is 0 Å². The van der Waals surface area contributed by atoms with E-state index in [1.807, 2.05) is 12.1 Å². The van der Waals surface area contributed by atoms with Crippen molar-refractivity contribution in [1.29, 1.82) is 0 Å². The molecule has 0 saturated heterocycles. The Balaban J connectivity index is 2.04. The Morgan fingerprint density at radius 1 is 1.50 bits per heavy atom. The van der Waals surface area contributed by atoms with Crippen molar-refractivity contribution in [2.24, 2.45) is 11.7 Å². The lowest BCUT2D eigenvalue weighted by molar-refractivity contribution is 0.132. The summed E-state index contributed by atoms with van der Waals surface area (Å²) in [6.45, 7) is 6.12. The number of nitrogens with two attached hydrogens (primary N) is 1. The van der Waals surface area contributed by atoms with Gasteiger partial charge in [0, 0.05) is 18.6 Å². The summed E-state index contributed by atoms with van der Waals surface area (Å²) in [6.07, 6.45) is 4.36. The van der Waals surface area contributed by atoms with Gasteiger partial charge in [0.15, 0.2) is 0 Å². The number of hydrogen-bond acceptors (Lipinski definition) is 3. The third kappa shape index (κ3) is 2.66. The van der Waals surface area contributed by atoms with Crippen molar-refractivity contribution in [2.75, 3.05) is 6.54 Å². The van der Waals surface area contributed by atoms with Crippen molar-refractivity contribution in [3.8, 4) is 0 Å². The van der Waals surface area contributed by atoms with Gasteiger partial charge in [0.05, 0.1) is 12.8 Å². The molecule has 2 N–H and O–H groups in total. The topological polar surface area (TPSA) is 42.4 Å². The summed E-state index contributed by atoms with van der Waals surface area (Å²) in [6, 6.07) is 5.19. The SMILES string of the molecule is CC(C)C(CN)N(Cc1ccco1)C1CC1. The van der Waals surface area contributed by atoms with Gasteiger partial charge in [-0.2, -0.15) is 0 Å². The largest absolute Gasteiger partial charge is 0.468 e. The lowest BCUT2D eigenvalue weighted by Gasteiger charge is -2.33. The fourth-order valence-electron chi connectivity index (χ4n) is 2.30. The molecule has 0 radical (unpaired) electrons. The van der Waals surface area contributed by atoms with E-state index in [-0.39, 0.29) is 0 Å². The zero-order valence-electron chi connectivity index (χ0n) is 10.2. The maximum absolute atomic E-state index is 5.90. The lowest BCUT2D eigenvalue weighted by atomic mass is 10.0. The van der Waals surface area contributed by atoms with Crippen LogP contribution in [0, 0.1) is 5.92 Å². The van der Waals surface area contributed by atoms with Crippen LogP contribution in [-0.4, -0.2) is 23.5 Å². The average Bonchev–Trinajstić information content (AvgIpc) is 2.96. The van der Waals surface area contributed by atoms with E-state index in [1.165, 1.54) is 12.8 Å². The number of furan rings is 1. The zero-order chi connectivity index (χ0) is 11.5. The summed E-state index contributed by atoms with van der Waals surface area (Å²) in [5.41, 5.74) is 5.90. The molecule has 0 spiro atoms. The standard InChI is InChI=1S/C13H22N2O/c1-10(2)13(8-14)15(11-5-6-11)9-12-4-3-7-16-12/h3-4,7,10-11,13H,5-6,8-9,14H2,1-2H3. The number of hydrogen-bond donors (Lipinski definition) is 1. The summed E-state index contributed by atoms with van der Waals surface area (Å²) < 4.78 is 5.43. The fraction of sp³-hybridized carbons (Fsp3) is 0.692. The molecule has 1 heterocycles. The lowest BCUT2D eigenvalue weighted by Crippen LogP contribution is -2.44. The highest BCUT2D eigenvalue weighted by Gasteiger charge is 2.34. The molecule has 1 aromatic heterocycles. The fourth-order valence-corrected chi connectivity index (χ4v) is 2.30. The minimum absolute atomic E-state index is 0.470. The molecule has 1 aliphatic carbocycles. The third-order valence-corrected chi connectivity index (χ3v) is 3.37. The van der Waals surface area contributed by atoms with Crippen LogP contribution in [0.1, 0.15) is 32.4 Å². The predicted molar refractivity (Wildman–Crippen MR) is 65.0 cm³/mol. The van der Waals surface area contributed by atoms with E-state index in [0.717, 1.165) is 24.9 Å². The molecule has 1 aromatic rings. The summed E-state index contributed by atoms with van der Waals surface area (Å²) >= 11 is 0. The molecule has 3 heteroatoms. The highest BCUT2D eigenvalue weighted by atomic mass is 16.3. The van der Waals surface area contributed by atoms with E-state index >= 15 is 0 Å². The number of nitrogens with zero attached hydrogens (tertiary/aromatic N) is 1. The van der Waals surface area contributed by atoms with Gasteiger partial charge in [0.1, 0.15) is 5.76 Å². The van der Waals surface area contributed by atoms with Crippen molar-refractivity contribution in [1.82, 2.24) is 4.90 Å². The van der Waals surface area contributed by atoms with Crippen LogP contribution < -0.4 is 5.73 Å². The Morgan fingerprint density at radius 3 is 2.69 bits per heavy atom. The molecule has 0 aliphatic heterocycles. The first-order valence-electron chi connectivity index (χ1n) is 6.20. The molecule has 2 rings (SSSR count). The van der Waals surface area contributed by atoms with Crippen molar-refractivity contribution < 1.29 is 4.42 Å². The van der Waals surface area contributed by atoms with Crippen LogP contribution in [0.15, 0.2) is 22.8 Å². The Kier molecular flexibility index (Phi) is 3.66. The van der Waals surface area contributed by atoms with Crippen LogP contribution in [0.25, 0.3) is 0 Å². The molecule has 1 saturated carbocycles. The molecule has 1 aliphatic rings. The quantitative estimate of drug-likeness (QED) is 0.802. The molecule has 1 atom stereocenters. The highest BCUT2D eigenvalue weighted by molar-refractivity contribution is 5.01. The second-order valence-corrected chi connectivity index (χ2v) is 5.03. The van der Waals surface area contributed by atoms with E-state index in [0.29, 0.717) is 12.0 Å². The van der Waals surface area contributed by atoms with Gasteiger partial charge in [-0.1, -0.05) is 13.8 Å². The molecular weight excluding hydrogens is 200 g/mol. The van der Waals surface area contributed by atoms with Gasteiger partial charge in [-0.05, 0) is 30.9 Å². The summed E-state index contributed by atoms with van der Waals surface area (Å²) in [5.74, 6) is 1.64. The number of rotatable bonds is 6. The van der Waals surface area contributed by atoms with Gasteiger partial charge in [0.2, 0.25) is 0 Å². The Morgan fingerprint density at radius 2 is 2.25 bits per heavy atom. The molecule has 3 nitrogen and oxygen atoms in total. The zero-order valence-corrected chi connectivity index (χ0v) is 10.2. The molecular formula is C13H22N2O. The molecule has 90 valence electrons. The van der Waals surface area contributed by atoms with Gasteiger partial charge >= 0.3 is 0 Å². The highest BCUT2D eigenvalue weighted by Crippen LogP contribution is 2.31. The smallest absolute Gasteiger partial charge is 0.117 e. The minimum Gasteiger partial charge on any atom is -0.468 e. The summed E-state index contributed by atoms with van der Waals surface area (Å²) in [4.78, 5) is 2.52. The van der Waals surface area contributed by atoms with E-state index in [4.69, 9.17) is 10.2 Å². The Bertz CT molecular complexity index is 304. The van der Waals surface area contributed by atoms with E-state index in [1.54, 1.807) is 6.26 Å². The van der Waals surface area contributed by atoms with E-state index in [9.17, 15) is 0 Å². The second-order valence-electron chi connectivity index (χ2n) is 5.03. The van der Waals surface area contributed by atoms with Crippen molar-refractivity contribution in [2.45, 2.75) is 45.3 Å². The first kappa shape index (κ1) is 11.7. The van der Waals surface area contributed by atoms with E-state index in [2.05, 4.69) is 18.7 Å². The predicted octanol–water partition coefficient (Wildman–Crippen LogP) is 2.23. The maximum Gasteiger partial charge on any atom is 0.117 e. The van der Waals surface area contributed by atoms with Crippen LogP contribution in [0.4, 0.5) is 0 Å². The van der Waals surface area contributed by atoms with Crippen LogP contribution in [0.2, 0.25) is 0 Å². The third-order valence-electron chi connectivity index (χ3n) is 3.37. The summed E-state index contributed by atoms with van der Waals surface area (Å²) in [7, 11) is 0. The second kappa shape index (κ2) is 5.02. The van der Waals surface area contributed by atoms with Crippen LogP contribution in [-0.2, 0) is 6.54 Å². The van der Waals surface area contributed by atoms with Gasteiger partial charge in [-0.25, -0.2) is 0 Å². The maximum atomic E-state index is 5.90. The van der Waals surface area contributed by atoms with Crippen LogP contribution in [0.5, 0.6) is 0 Å². The normalized spacial score (nSPS) is 18.3. The summed E-state index contributed by atoms with van der Waals surface area (Å²) in [5, 5.41) is 0. The molecule has 0 bridgehead atoms. The molecule has 0 aromatic carbocycles. The molecule has 16 heavy (non-hydrogen) atoms.